The highest BCUT2D eigenvalue weighted by Crippen LogP contribution is 2.46. The molecule has 4 nitrogen and oxygen atoms in total. The van der Waals surface area contributed by atoms with Crippen LogP contribution in [0.15, 0.2) is 36.4 Å². The van der Waals surface area contributed by atoms with Crippen LogP contribution < -0.4 is 10.5 Å². The molecule has 0 bridgehead atoms. The van der Waals surface area contributed by atoms with E-state index >= 15 is 0 Å². The van der Waals surface area contributed by atoms with Crippen molar-refractivity contribution < 1.29 is 9.47 Å². The van der Waals surface area contributed by atoms with Gasteiger partial charge in [-0.3, -0.25) is 4.90 Å². The molecule has 2 aliphatic heterocycles. The lowest BCUT2D eigenvalue weighted by molar-refractivity contribution is -0.0167. The summed E-state index contributed by atoms with van der Waals surface area (Å²) in [4.78, 5) is 2.51. The Morgan fingerprint density at radius 3 is 2.52 bits per heavy atom. The Bertz CT molecular complexity index is 890. The van der Waals surface area contributed by atoms with Gasteiger partial charge in [-0.2, -0.15) is 0 Å². The third kappa shape index (κ3) is 4.82. The minimum atomic E-state index is -0.380. The minimum absolute atomic E-state index is 0.0891. The highest BCUT2D eigenvalue weighted by atomic mass is 16.5. The molecule has 1 fully saturated rings. The Kier molecular flexibility index (Phi) is 6.71. The van der Waals surface area contributed by atoms with Crippen molar-refractivity contribution in [1.82, 2.24) is 4.90 Å². The number of fused-ring (bicyclic) bond motifs is 1. The SMILES string of the molecule is Cc1cc(C)c2c(c1C)OC(C)(CN1CCC(OCCCc3ccccc3)CC1)C2N. The van der Waals surface area contributed by atoms with E-state index in [1.165, 1.54) is 27.8 Å². The molecule has 0 amide bonds. The van der Waals surface area contributed by atoms with E-state index < -0.39 is 0 Å². The molecule has 31 heavy (non-hydrogen) atoms. The van der Waals surface area contributed by atoms with Crippen molar-refractivity contribution in [3.63, 3.8) is 0 Å². The lowest BCUT2D eigenvalue weighted by atomic mass is 9.88. The largest absolute Gasteiger partial charge is 0.484 e. The van der Waals surface area contributed by atoms with Crippen molar-refractivity contribution in [1.29, 1.82) is 0 Å². The Morgan fingerprint density at radius 2 is 1.81 bits per heavy atom. The van der Waals surface area contributed by atoms with Gasteiger partial charge in [-0.25, -0.2) is 0 Å². The Morgan fingerprint density at radius 1 is 1.10 bits per heavy atom. The second-order valence-electron chi connectivity index (χ2n) is 9.71. The van der Waals surface area contributed by atoms with Gasteiger partial charge < -0.3 is 15.2 Å². The molecule has 0 spiro atoms. The van der Waals surface area contributed by atoms with Crippen LogP contribution in [-0.2, 0) is 11.2 Å². The topological polar surface area (TPSA) is 47.7 Å². The van der Waals surface area contributed by atoms with Crippen LogP contribution in [0.2, 0.25) is 0 Å². The fraction of sp³-hybridized carbons (Fsp3) is 0.556. The molecule has 2 N–H and O–H groups in total. The van der Waals surface area contributed by atoms with E-state index in [1.54, 1.807) is 0 Å². The first kappa shape index (κ1) is 22.3. The summed E-state index contributed by atoms with van der Waals surface area (Å²) in [5, 5.41) is 0. The fourth-order valence-corrected chi connectivity index (χ4v) is 5.17. The summed E-state index contributed by atoms with van der Waals surface area (Å²) in [6.07, 6.45) is 4.72. The van der Waals surface area contributed by atoms with Gasteiger partial charge in [-0.15, -0.1) is 0 Å². The molecule has 168 valence electrons. The molecule has 2 heterocycles. The fourth-order valence-electron chi connectivity index (χ4n) is 5.17. The van der Waals surface area contributed by atoms with E-state index in [1.807, 2.05) is 0 Å². The van der Waals surface area contributed by atoms with Gasteiger partial charge in [0.2, 0.25) is 0 Å². The van der Waals surface area contributed by atoms with Crippen molar-refractivity contribution in [3.8, 4) is 5.75 Å². The number of ether oxygens (including phenoxy) is 2. The number of hydrogen-bond acceptors (Lipinski definition) is 4. The summed E-state index contributed by atoms with van der Waals surface area (Å²) < 4.78 is 12.7. The molecular formula is C27H38N2O2. The van der Waals surface area contributed by atoms with Crippen molar-refractivity contribution >= 4 is 0 Å². The van der Waals surface area contributed by atoms with Crippen molar-refractivity contribution in [3.05, 3.63) is 64.2 Å². The van der Waals surface area contributed by atoms with Crippen LogP contribution in [-0.4, -0.2) is 42.8 Å². The summed E-state index contributed by atoms with van der Waals surface area (Å²) in [5.74, 6) is 1.02. The maximum Gasteiger partial charge on any atom is 0.138 e. The van der Waals surface area contributed by atoms with Crippen LogP contribution >= 0.6 is 0 Å². The first-order valence-corrected chi connectivity index (χ1v) is 11.8. The lowest BCUT2D eigenvalue weighted by Crippen LogP contribution is -2.51. The van der Waals surface area contributed by atoms with Gasteiger partial charge in [0.05, 0.1) is 12.1 Å². The molecular weight excluding hydrogens is 384 g/mol. The van der Waals surface area contributed by atoms with E-state index in [2.05, 4.69) is 69.0 Å². The van der Waals surface area contributed by atoms with Gasteiger partial charge in [0.25, 0.3) is 0 Å². The summed E-state index contributed by atoms with van der Waals surface area (Å²) in [7, 11) is 0. The molecule has 2 aromatic rings. The normalized spacial score (nSPS) is 24.2. The molecule has 4 heteroatoms. The van der Waals surface area contributed by atoms with E-state index in [0.717, 1.165) is 57.7 Å². The predicted octanol–water partition coefficient (Wildman–Crippen LogP) is 4.88. The summed E-state index contributed by atoms with van der Waals surface area (Å²) >= 11 is 0. The van der Waals surface area contributed by atoms with Crippen LogP contribution in [0.4, 0.5) is 0 Å². The summed E-state index contributed by atoms with van der Waals surface area (Å²) in [5.41, 5.74) is 12.7. The molecule has 0 aromatic heterocycles. The number of likely N-dealkylation sites (tertiary alicyclic amines) is 1. The zero-order chi connectivity index (χ0) is 22.0. The number of nitrogens with two attached hydrogens (primary N) is 1. The van der Waals surface area contributed by atoms with Crippen molar-refractivity contribution in [2.75, 3.05) is 26.2 Å². The van der Waals surface area contributed by atoms with E-state index in [0.29, 0.717) is 6.10 Å². The average molecular weight is 423 g/mol. The maximum atomic E-state index is 6.74. The molecule has 0 aliphatic carbocycles. The molecule has 0 saturated carbocycles. The van der Waals surface area contributed by atoms with Crippen LogP contribution in [0.1, 0.15) is 60.0 Å². The Hall–Kier alpha value is -1.88. The molecule has 2 aromatic carbocycles. The van der Waals surface area contributed by atoms with Gasteiger partial charge >= 0.3 is 0 Å². The smallest absolute Gasteiger partial charge is 0.138 e. The minimum Gasteiger partial charge on any atom is -0.484 e. The monoisotopic (exact) mass is 422 g/mol. The first-order chi connectivity index (χ1) is 14.9. The van der Waals surface area contributed by atoms with E-state index in [-0.39, 0.29) is 11.6 Å². The average Bonchev–Trinajstić information content (AvgIpc) is 3.03. The van der Waals surface area contributed by atoms with Crippen molar-refractivity contribution in [2.24, 2.45) is 5.73 Å². The third-order valence-electron chi connectivity index (χ3n) is 7.22. The van der Waals surface area contributed by atoms with Crippen LogP contribution in [0.3, 0.4) is 0 Å². The number of aryl methyl sites for hydroxylation is 3. The van der Waals surface area contributed by atoms with E-state index in [4.69, 9.17) is 15.2 Å². The Balaban J connectivity index is 1.25. The number of nitrogens with zero attached hydrogens (tertiary/aromatic N) is 1. The molecule has 2 aliphatic rings. The second kappa shape index (κ2) is 9.32. The highest BCUT2D eigenvalue weighted by molar-refractivity contribution is 5.55. The van der Waals surface area contributed by atoms with Gasteiger partial charge in [0.15, 0.2) is 0 Å². The Labute approximate surface area is 187 Å². The maximum absolute atomic E-state index is 6.74. The van der Waals surface area contributed by atoms with Gasteiger partial charge in [0, 0.05) is 31.8 Å². The van der Waals surface area contributed by atoms with Crippen LogP contribution in [0.25, 0.3) is 0 Å². The zero-order valence-corrected chi connectivity index (χ0v) is 19.6. The van der Waals surface area contributed by atoms with Crippen molar-refractivity contribution in [2.45, 2.75) is 71.1 Å². The third-order valence-corrected chi connectivity index (χ3v) is 7.22. The quantitative estimate of drug-likeness (QED) is 0.646. The van der Waals surface area contributed by atoms with Crippen LogP contribution in [0.5, 0.6) is 5.75 Å². The van der Waals surface area contributed by atoms with E-state index in [9.17, 15) is 0 Å². The predicted molar refractivity (Wildman–Crippen MR) is 127 cm³/mol. The number of rotatable bonds is 7. The van der Waals surface area contributed by atoms with Crippen LogP contribution in [0, 0.1) is 20.8 Å². The summed E-state index contributed by atoms with van der Waals surface area (Å²) in [6, 6.07) is 12.8. The standard InChI is InChI=1S/C27H38N2O2/c1-19-17-20(2)24-25(21(19)3)31-27(4,26(24)28)18-29-14-12-23(13-15-29)30-16-8-11-22-9-6-5-7-10-22/h5-7,9-10,17,23,26H,8,11-16,18,28H2,1-4H3. The molecule has 4 rings (SSSR count). The molecule has 2 atom stereocenters. The van der Waals surface area contributed by atoms with Gasteiger partial charge in [-0.05, 0) is 75.6 Å². The summed E-state index contributed by atoms with van der Waals surface area (Å²) in [6.45, 7) is 12.4. The lowest BCUT2D eigenvalue weighted by Gasteiger charge is -2.38. The number of benzene rings is 2. The number of piperidine rings is 1. The molecule has 1 saturated heterocycles. The zero-order valence-electron chi connectivity index (χ0n) is 19.6. The van der Waals surface area contributed by atoms with Gasteiger partial charge in [-0.1, -0.05) is 36.4 Å². The molecule has 2 unspecified atom stereocenters. The molecule has 0 radical (unpaired) electrons. The van der Waals surface area contributed by atoms with Gasteiger partial charge in [0.1, 0.15) is 11.4 Å². The first-order valence-electron chi connectivity index (χ1n) is 11.8. The second-order valence-corrected chi connectivity index (χ2v) is 9.71. The number of hydrogen-bond donors (Lipinski definition) is 1. The highest BCUT2D eigenvalue weighted by Gasteiger charge is 2.45.